The van der Waals surface area contributed by atoms with Gasteiger partial charge in [-0.3, -0.25) is 9.35 Å². The molecule has 1 unspecified atom stereocenters. The fourth-order valence-electron chi connectivity index (χ4n) is 1.95. The van der Waals surface area contributed by atoms with Crippen molar-refractivity contribution in [3.63, 3.8) is 0 Å². The van der Waals surface area contributed by atoms with E-state index in [1.54, 1.807) is 0 Å². The number of hydrogen-bond acceptors (Lipinski definition) is 7. The first kappa shape index (κ1) is 14.4. The molecular weight excluding hydrogens is 292 g/mol. The van der Waals surface area contributed by atoms with Gasteiger partial charge in [0.05, 0.1) is 0 Å². The summed E-state index contributed by atoms with van der Waals surface area (Å²) in [6, 6.07) is 2.32. The van der Waals surface area contributed by atoms with Crippen LogP contribution in [0.15, 0.2) is 12.1 Å². The van der Waals surface area contributed by atoms with Crippen LogP contribution >= 0.6 is 0 Å². The predicted octanol–water partition coefficient (Wildman–Crippen LogP) is 0.528. The number of hydrogen-bond donors (Lipinski definition) is 3. The molecule has 1 saturated heterocycles. The first-order chi connectivity index (χ1) is 9.24. The summed E-state index contributed by atoms with van der Waals surface area (Å²) < 4.78 is 38.7. The van der Waals surface area contributed by atoms with E-state index in [0.29, 0.717) is 18.4 Å². The average Bonchev–Trinajstić information content (AvgIpc) is 2.68. The molecule has 1 aromatic rings. The Morgan fingerprint density at radius 3 is 2.35 bits per heavy atom. The van der Waals surface area contributed by atoms with Crippen LogP contribution in [-0.2, 0) is 26.4 Å². The van der Waals surface area contributed by atoms with E-state index in [1.165, 1.54) is 0 Å². The number of benzene rings is 1. The SMILES string of the molecule is O=C1CCC(Cc2cc(O)c(OS(=O)(=O)O)c(O)c2)O1. The minimum atomic E-state index is -4.85. The predicted molar refractivity (Wildman–Crippen MR) is 64.8 cm³/mol. The summed E-state index contributed by atoms with van der Waals surface area (Å²) in [5.41, 5.74) is 0.433. The van der Waals surface area contributed by atoms with E-state index in [2.05, 4.69) is 4.18 Å². The highest BCUT2D eigenvalue weighted by Gasteiger charge is 2.25. The van der Waals surface area contributed by atoms with E-state index in [1.807, 2.05) is 0 Å². The van der Waals surface area contributed by atoms with E-state index in [9.17, 15) is 23.4 Å². The smallest absolute Gasteiger partial charge is 0.446 e. The van der Waals surface area contributed by atoms with Gasteiger partial charge in [-0.1, -0.05) is 0 Å². The van der Waals surface area contributed by atoms with Gasteiger partial charge in [0.25, 0.3) is 0 Å². The van der Waals surface area contributed by atoms with E-state index < -0.39 is 27.6 Å². The van der Waals surface area contributed by atoms with Crippen molar-refractivity contribution < 1.29 is 36.9 Å². The number of cyclic esters (lactones) is 1. The molecule has 0 bridgehead atoms. The van der Waals surface area contributed by atoms with Crippen molar-refractivity contribution >= 4 is 16.4 Å². The maximum atomic E-state index is 11.0. The van der Waals surface area contributed by atoms with Crippen LogP contribution in [0.25, 0.3) is 0 Å². The number of phenolic OH excluding ortho intramolecular Hbond substituents is 2. The Hall–Kier alpha value is -2.00. The van der Waals surface area contributed by atoms with Gasteiger partial charge in [0, 0.05) is 12.8 Å². The van der Waals surface area contributed by atoms with Crippen LogP contribution in [0.1, 0.15) is 18.4 Å². The Kier molecular flexibility index (Phi) is 3.73. The lowest BCUT2D eigenvalue weighted by atomic mass is 10.0. The van der Waals surface area contributed by atoms with Gasteiger partial charge in [-0.25, -0.2) is 0 Å². The standard InChI is InChI=1S/C11H12O8S/c12-8-4-6(3-7-1-2-10(14)18-7)5-9(13)11(8)19-20(15,16)17/h4-5,7,12-13H,1-3H2,(H,15,16,17). The molecule has 1 aliphatic rings. The van der Waals surface area contributed by atoms with Gasteiger partial charge in [-0.05, 0) is 24.1 Å². The topological polar surface area (TPSA) is 130 Å². The maximum absolute atomic E-state index is 11.0. The van der Waals surface area contributed by atoms with Crippen molar-refractivity contribution in [3.05, 3.63) is 17.7 Å². The van der Waals surface area contributed by atoms with Gasteiger partial charge in [0.1, 0.15) is 6.10 Å². The first-order valence-electron chi connectivity index (χ1n) is 5.66. The second-order valence-corrected chi connectivity index (χ2v) is 5.35. The lowest BCUT2D eigenvalue weighted by Crippen LogP contribution is -2.11. The van der Waals surface area contributed by atoms with Gasteiger partial charge in [-0.2, -0.15) is 8.42 Å². The second kappa shape index (κ2) is 5.17. The lowest BCUT2D eigenvalue weighted by Gasteiger charge is -2.12. The highest BCUT2D eigenvalue weighted by atomic mass is 32.3. The zero-order valence-corrected chi connectivity index (χ0v) is 11.0. The minimum absolute atomic E-state index is 0.263. The number of phenols is 2. The van der Waals surface area contributed by atoms with Gasteiger partial charge < -0.3 is 19.1 Å². The zero-order valence-electron chi connectivity index (χ0n) is 10.1. The number of esters is 1. The second-order valence-electron chi connectivity index (χ2n) is 4.33. The van der Waals surface area contributed by atoms with Crippen LogP contribution in [0.4, 0.5) is 0 Å². The molecule has 1 atom stereocenters. The van der Waals surface area contributed by atoms with Gasteiger partial charge in [-0.15, -0.1) is 0 Å². The molecule has 2 rings (SSSR count). The minimum Gasteiger partial charge on any atom is -0.504 e. The summed E-state index contributed by atoms with van der Waals surface area (Å²) in [6.07, 6.45) is 0.754. The number of carbonyl (C=O) groups excluding carboxylic acids is 1. The van der Waals surface area contributed by atoms with Crippen LogP contribution in [0.2, 0.25) is 0 Å². The maximum Gasteiger partial charge on any atom is 0.446 e. The fraction of sp³-hybridized carbons (Fsp3) is 0.364. The third-order valence-electron chi connectivity index (χ3n) is 2.73. The number of carbonyl (C=O) groups is 1. The third-order valence-corrected chi connectivity index (χ3v) is 3.11. The molecule has 1 aromatic carbocycles. The van der Waals surface area contributed by atoms with E-state index >= 15 is 0 Å². The van der Waals surface area contributed by atoms with Gasteiger partial charge in [0.2, 0.25) is 5.75 Å². The van der Waals surface area contributed by atoms with Gasteiger partial charge >= 0.3 is 16.4 Å². The van der Waals surface area contributed by atoms with Crippen LogP contribution in [0, 0.1) is 0 Å². The molecule has 0 spiro atoms. The highest BCUT2D eigenvalue weighted by molar-refractivity contribution is 7.81. The Labute approximate surface area is 114 Å². The molecule has 0 aromatic heterocycles. The van der Waals surface area contributed by atoms with Crippen LogP contribution in [-0.4, -0.2) is 35.3 Å². The van der Waals surface area contributed by atoms with Crippen molar-refractivity contribution in [2.75, 3.05) is 0 Å². The van der Waals surface area contributed by atoms with E-state index in [-0.39, 0.29) is 18.5 Å². The van der Waals surface area contributed by atoms with Crippen molar-refractivity contribution in [1.82, 2.24) is 0 Å². The summed E-state index contributed by atoms with van der Waals surface area (Å²) in [5, 5.41) is 19.2. The summed E-state index contributed by atoms with van der Waals surface area (Å²) in [5.74, 6) is -2.38. The molecule has 1 fully saturated rings. The molecule has 110 valence electrons. The summed E-state index contributed by atoms with van der Waals surface area (Å²) in [6.45, 7) is 0. The van der Waals surface area contributed by atoms with Crippen LogP contribution in [0.3, 0.4) is 0 Å². The van der Waals surface area contributed by atoms with Crippen molar-refractivity contribution in [2.24, 2.45) is 0 Å². The monoisotopic (exact) mass is 304 g/mol. The molecule has 1 aliphatic heterocycles. The third kappa shape index (κ3) is 3.52. The van der Waals surface area contributed by atoms with Crippen molar-refractivity contribution in [1.29, 1.82) is 0 Å². The van der Waals surface area contributed by atoms with E-state index in [4.69, 9.17) is 9.29 Å². The summed E-state index contributed by atoms with van der Waals surface area (Å²) in [4.78, 5) is 11.0. The quantitative estimate of drug-likeness (QED) is 0.542. The molecule has 9 heteroatoms. The average molecular weight is 304 g/mol. The highest BCUT2D eigenvalue weighted by Crippen LogP contribution is 2.38. The Balaban J connectivity index is 2.19. The van der Waals surface area contributed by atoms with Crippen LogP contribution in [0.5, 0.6) is 17.2 Å². The number of ether oxygens (including phenoxy) is 1. The first-order valence-corrected chi connectivity index (χ1v) is 7.02. The fourth-order valence-corrected chi connectivity index (χ4v) is 2.33. The normalized spacial score (nSPS) is 18.9. The molecule has 0 saturated carbocycles. The molecule has 8 nitrogen and oxygen atoms in total. The summed E-state index contributed by atoms with van der Waals surface area (Å²) >= 11 is 0. The zero-order chi connectivity index (χ0) is 14.9. The molecular formula is C11H12O8S. The molecule has 0 aliphatic carbocycles. The van der Waals surface area contributed by atoms with E-state index in [0.717, 1.165) is 12.1 Å². The Bertz CT molecular complexity index is 613. The van der Waals surface area contributed by atoms with Gasteiger partial charge in [0.15, 0.2) is 11.5 Å². The molecule has 3 N–H and O–H groups in total. The molecule has 0 radical (unpaired) electrons. The number of aromatic hydroxyl groups is 2. The lowest BCUT2D eigenvalue weighted by molar-refractivity contribution is -0.141. The summed E-state index contributed by atoms with van der Waals surface area (Å²) in [7, 11) is -4.85. The number of rotatable bonds is 4. The molecule has 20 heavy (non-hydrogen) atoms. The molecule has 0 amide bonds. The van der Waals surface area contributed by atoms with Crippen molar-refractivity contribution in [3.8, 4) is 17.2 Å². The van der Waals surface area contributed by atoms with Crippen molar-refractivity contribution in [2.45, 2.75) is 25.4 Å². The Morgan fingerprint density at radius 2 is 1.90 bits per heavy atom. The Morgan fingerprint density at radius 1 is 1.30 bits per heavy atom. The largest absolute Gasteiger partial charge is 0.504 e. The molecule has 1 heterocycles. The van der Waals surface area contributed by atoms with Crippen LogP contribution < -0.4 is 4.18 Å².